The Hall–Kier alpha value is -3.46. The second kappa shape index (κ2) is 8.27. The Morgan fingerprint density at radius 3 is 2.34 bits per heavy atom. The van der Waals surface area contributed by atoms with Gasteiger partial charge in [0.2, 0.25) is 0 Å². The van der Waals surface area contributed by atoms with Crippen LogP contribution < -0.4 is 10.9 Å². The summed E-state index contributed by atoms with van der Waals surface area (Å²) in [5.74, 6) is -2.56. The van der Waals surface area contributed by atoms with Crippen molar-refractivity contribution in [3.63, 3.8) is 0 Å². The predicted molar refractivity (Wildman–Crippen MR) is 102 cm³/mol. The fraction of sp³-hybridized carbons (Fsp3) is 0.100. The Bertz CT molecular complexity index is 1160. The summed E-state index contributed by atoms with van der Waals surface area (Å²) in [7, 11) is -3.63. The van der Waals surface area contributed by atoms with Crippen molar-refractivity contribution in [3.05, 3.63) is 89.1 Å². The summed E-state index contributed by atoms with van der Waals surface area (Å²) in [4.78, 5) is 24.2. The quantitative estimate of drug-likeness (QED) is 0.622. The lowest BCUT2D eigenvalue weighted by atomic mass is 10.1. The van der Waals surface area contributed by atoms with Crippen molar-refractivity contribution in [1.29, 1.82) is 0 Å². The predicted octanol–water partition coefficient (Wildman–Crippen LogP) is 2.78. The Balaban J connectivity index is 1.62. The molecule has 29 heavy (non-hydrogen) atoms. The minimum atomic E-state index is -3.63. The maximum Gasteiger partial charge on any atom is 0.305 e. The zero-order valence-corrected chi connectivity index (χ0v) is 16.1. The number of carbonyl (C=O) groups excluding carboxylic acids is 2. The van der Waals surface area contributed by atoms with E-state index in [1.54, 1.807) is 25.1 Å². The van der Waals surface area contributed by atoms with E-state index < -0.39 is 33.2 Å². The summed E-state index contributed by atoms with van der Waals surface area (Å²) >= 11 is 0. The lowest BCUT2D eigenvalue weighted by Gasteiger charge is -2.07. The van der Waals surface area contributed by atoms with E-state index in [2.05, 4.69) is 10.9 Å². The molecule has 0 fully saturated rings. The van der Waals surface area contributed by atoms with Crippen molar-refractivity contribution in [3.8, 4) is 0 Å². The van der Waals surface area contributed by atoms with Crippen molar-refractivity contribution in [2.24, 2.45) is 0 Å². The number of benzene rings is 2. The van der Waals surface area contributed by atoms with Gasteiger partial charge >= 0.3 is 5.91 Å². The van der Waals surface area contributed by atoms with Gasteiger partial charge in [-0.25, -0.2) is 12.8 Å². The lowest BCUT2D eigenvalue weighted by molar-refractivity contribution is 0.0830. The van der Waals surface area contributed by atoms with Crippen LogP contribution in [0.5, 0.6) is 0 Å². The molecule has 1 heterocycles. The molecule has 3 aromatic rings. The smallest absolute Gasteiger partial charge is 0.305 e. The summed E-state index contributed by atoms with van der Waals surface area (Å²) in [5.41, 5.74) is 4.70. The molecule has 0 aliphatic heterocycles. The van der Waals surface area contributed by atoms with Crippen LogP contribution in [-0.2, 0) is 15.6 Å². The standard InChI is InChI=1S/C20H17FN2O5S/c1-13-7-8-14(11-17(13)21)19(24)22-23-20(25)18-10-9-15(28-18)12-29(26,27)16-5-3-2-4-6-16/h2-11H,12H2,1H3,(H,22,24)(H,23,25). The van der Waals surface area contributed by atoms with Gasteiger partial charge in [0, 0.05) is 5.56 Å². The number of furan rings is 1. The second-order valence-corrected chi connectivity index (χ2v) is 8.20. The van der Waals surface area contributed by atoms with Crippen LogP contribution in [0, 0.1) is 12.7 Å². The average molecular weight is 416 g/mol. The van der Waals surface area contributed by atoms with Gasteiger partial charge in [-0.3, -0.25) is 20.4 Å². The lowest BCUT2D eigenvalue weighted by Crippen LogP contribution is -2.41. The summed E-state index contributed by atoms with van der Waals surface area (Å²) in [5, 5.41) is 0. The molecule has 9 heteroatoms. The minimum absolute atomic E-state index is 0.0301. The van der Waals surface area contributed by atoms with Crippen molar-refractivity contribution in [2.75, 3.05) is 0 Å². The third-order valence-corrected chi connectivity index (χ3v) is 5.70. The molecule has 2 aromatic carbocycles. The molecule has 0 unspecified atom stereocenters. The van der Waals surface area contributed by atoms with Gasteiger partial charge in [0.25, 0.3) is 5.91 Å². The van der Waals surface area contributed by atoms with E-state index in [4.69, 9.17) is 4.42 Å². The van der Waals surface area contributed by atoms with Crippen molar-refractivity contribution < 1.29 is 26.8 Å². The van der Waals surface area contributed by atoms with Crippen LogP contribution in [-0.4, -0.2) is 20.2 Å². The third-order valence-electron chi connectivity index (χ3n) is 4.04. The molecular weight excluding hydrogens is 399 g/mol. The molecule has 0 saturated heterocycles. The summed E-state index contributed by atoms with van der Waals surface area (Å²) in [6, 6.07) is 14.4. The van der Waals surface area contributed by atoms with Gasteiger partial charge in [-0.1, -0.05) is 24.3 Å². The Kier molecular flexibility index (Phi) is 5.79. The first-order valence-electron chi connectivity index (χ1n) is 8.49. The van der Waals surface area contributed by atoms with Crippen molar-refractivity contribution in [1.82, 2.24) is 10.9 Å². The van der Waals surface area contributed by atoms with Crippen molar-refractivity contribution >= 4 is 21.7 Å². The highest BCUT2D eigenvalue weighted by molar-refractivity contribution is 7.90. The number of nitrogens with one attached hydrogen (secondary N) is 2. The SMILES string of the molecule is Cc1ccc(C(=O)NNC(=O)c2ccc(CS(=O)(=O)c3ccccc3)o2)cc1F. The van der Waals surface area contributed by atoms with E-state index in [1.165, 1.54) is 36.4 Å². The van der Waals surface area contributed by atoms with Gasteiger partial charge in [-0.15, -0.1) is 0 Å². The molecule has 0 saturated carbocycles. The van der Waals surface area contributed by atoms with Gasteiger partial charge in [0.15, 0.2) is 15.6 Å². The average Bonchev–Trinajstić information content (AvgIpc) is 3.16. The highest BCUT2D eigenvalue weighted by Gasteiger charge is 2.19. The van der Waals surface area contributed by atoms with Crippen LogP contribution in [0.1, 0.15) is 32.2 Å². The molecule has 0 spiro atoms. The Morgan fingerprint density at radius 1 is 0.966 bits per heavy atom. The normalized spacial score (nSPS) is 11.1. The zero-order valence-electron chi connectivity index (χ0n) is 15.3. The van der Waals surface area contributed by atoms with E-state index in [9.17, 15) is 22.4 Å². The topological polar surface area (TPSA) is 105 Å². The number of aryl methyl sites for hydroxylation is 1. The van der Waals surface area contributed by atoms with E-state index >= 15 is 0 Å². The molecule has 2 N–H and O–H groups in total. The fourth-order valence-electron chi connectivity index (χ4n) is 2.46. The van der Waals surface area contributed by atoms with Crippen LogP contribution >= 0.6 is 0 Å². The van der Waals surface area contributed by atoms with Crippen LogP contribution in [0.15, 0.2) is 70.0 Å². The summed E-state index contributed by atoms with van der Waals surface area (Å²) in [6.07, 6.45) is 0. The van der Waals surface area contributed by atoms with Gasteiger partial charge in [-0.2, -0.15) is 0 Å². The molecule has 3 rings (SSSR count). The van der Waals surface area contributed by atoms with E-state index in [-0.39, 0.29) is 22.0 Å². The highest BCUT2D eigenvalue weighted by Crippen LogP contribution is 2.18. The molecule has 1 aromatic heterocycles. The number of halogens is 1. The maximum absolute atomic E-state index is 13.5. The summed E-state index contributed by atoms with van der Waals surface area (Å²) in [6.45, 7) is 1.56. The van der Waals surface area contributed by atoms with Crippen LogP contribution in [0.4, 0.5) is 4.39 Å². The third kappa shape index (κ3) is 4.88. The van der Waals surface area contributed by atoms with Gasteiger partial charge in [0.05, 0.1) is 4.90 Å². The number of hydrogen-bond acceptors (Lipinski definition) is 5. The first-order valence-corrected chi connectivity index (χ1v) is 10.1. The van der Waals surface area contributed by atoms with Gasteiger partial charge in [-0.05, 0) is 48.9 Å². The van der Waals surface area contributed by atoms with Gasteiger partial charge < -0.3 is 4.42 Å². The number of amides is 2. The minimum Gasteiger partial charge on any atom is -0.455 e. The second-order valence-electron chi connectivity index (χ2n) is 6.21. The molecule has 0 bridgehead atoms. The molecule has 0 atom stereocenters. The number of carbonyl (C=O) groups is 2. The Labute approximate surface area is 166 Å². The molecule has 0 aliphatic rings. The van der Waals surface area contributed by atoms with E-state index in [0.29, 0.717) is 5.56 Å². The molecule has 7 nitrogen and oxygen atoms in total. The maximum atomic E-state index is 13.5. The van der Waals surface area contributed by atoms with Gasteiger partial charge in [0.1, 0.15) is 17.3 Å². The number of sulfone groups is 1. The fourth-order valence-corrected chi connectivity index (χ4v) is 3.73. The monoisotopic (exact) mass is 416 g/mol. The largest absolute Gasteiger partial charge is 0.455 e. The number of hydrogen-bond donors (Lipinski definition) is 2. The molecule has 2 amide bonds. The number of rotatable bonds is 5. The Morgan fingerprint density at radius 2 is 1.66 bits per heavy atom. The zero-order chi connectivity index (χ0) is 21.0. The first kappa shape index (κ1) is 20.3. The van der Waals surface area contributed by atoms with Crippen LogP contribution in [0.3, 0.4) is 0 Å². The van der Waals surface area contributed by atoms with E-state index in [0.717, 1.165) is 6.07 Å². The molecule has 0 radical (unpaired) electrons. The van der Waals surface area contributed by atoms with E-state index in [1.807, 2.05) is 0 Å². The number of hydrazine groups is 1. The molecule has 0 aliphatic carbocycles. The molecule has 150 valence electrons. The van der Waals surface area contributed by atoms with Crippen molar-refractivity contribution in [2.45, 2.75) is 17.6 Å². The van der Waals surface area contributed by atoms with Crippen LogP contribution in [0.2, 0.25) is 0 Å². The highest BCUT2D eigenvalue weighted by atomic mass is 32.2. The summed E-state index contributed by atoms with van der Waals surface area (Å²) < 4.78 is 43.5. The van der Waals surface area contributed by atoms with Crippen LogP contribution in [0.25, 0.3) is 0 Å². The first-order chi connectivity index (χ1) is 13.8. The molecular formula is C20H17FN2O5S.